The molecule has 0 aromatic carbocycles. The first kappa shape index (κ1) is 10.4. The van der Waals surface area contributed by atoms with Gasteiger partial charge in [-0.2, -0.15) is 0 Å². The maximum Gasteiger partial charge on any atom is 0.0659 e. The molecule has 3 N–H and O–H groups in total. The average Bonchev–Trinajstić information content (AvgIpc) is 2.73. The minimum Gasteiger partial charge on any atom is -0.379 e. The summed E-state index contributed by atoms with van der Waals surface area (Å²) in [5.41, 5.74) is 6.09. The van der Waals surface area contributed by atoms with Crippen LogP contribution in [0.2, 0.25) is 0 Å². The molecule has 2 aliphatic rings. The van der Waals surface area contributed by atoms with Gasteiger partial charge in [-0.3, -0.25) is 0 Å². The number of nitrogens with two attached hydrogens (primary N) is 1. The van der Waals surface area contributed by atoms with E-state index in [9.17, 15) is 0 Å². The molecule has 82 valence electrons. The fourth-order valence-corrected chi connectivity index (χ4v) is 2.50. The molecule has 3 nitrogen and oxygen atoms in total. The summed E-state index contributed by atoms with van der Waals surface area (Å²) in [5, 5.41) is 3.59. The van der Waals surface area contributed by atoms with Gasteiger partial charge in [0.15, 0.2) is 0 Å². The van der Waals surface area contributed by atoms with Crippen LogP contribution in [0.3, 0.4) is 0 Å². The highest BCUT2D eigenvalue weighted by atomic mass is 16.5. The predicted octanol–water partition coefficient (Wildman–Crippen LogP) is 0.882. The third kappa shape index (κ3) is 2.47. The van der Waals surface area contributed by atoms with Gasteiger partial charge in [0, 0.05) is 19.2 Å². The molecule has 3 heteroatoms. The monoisotopic (exact) mass is 198 g/mol. The third-order valence-corrected chi connectivity index (χ3v) is 3.57. The van der Waals surface area contributed by atoms with Crippen molar-refractivity contribution in [2.24, 2.45) is 11.7 Å². The van der Waals surface area contributed by atoms with E-state index in [1.807, 2.05) is 0 Å². The van der Waals surface area contributed by atoms with Crippen LogP contribution >= 0.6 is 0 Å². The molecule has 2 fully saturated rings. The highest BCUT2D eigenvalue weighted by Gasteiger charge is 2.31. The zero-order chi connectivity index (χ0) is 10.0. The van der Waals surface area contributed by atoms with Gasteiger partial charge in [-0.05, 0) is 31.6 Å². The van der Waals surface area contributed by atoms with Crippen LogP contribution in [0.15, 0.2) is 0 Å². The van der Waals surface area contributed by atoms with E-state index in [0.29, 0.717) is 6.04 Å². The van der Waals surface area contributed by atoms with Crippen molar-refractivity contribution in [1.82, 2.24) is 5.32 Å². The van der Waals surface area contributed by atoms with Crippen LogP contribution in [0.4, 0.5) is 0 Å². The summed E-state index contributed by atoms with van der Waals surface area (Å²) >= 11 is 0. The van der Waals surface area contributed by atoms with Gasteiger partial charge in [-0.1, -0.05) is 6.92 Å². The van der Waals surface area contributed by atoms with Gasteiger partial charge in [0.25, 0.3) is 0 Å². The summed E-state index contributed by atoms with van der Waals surface area (Å²) in [7, 11) is 0. The molecule has 0 aromatic heterocycles. The molecule has 1 aliphatic heterocycles. The predicted molar refractivity (Wildman–Crippen MR) is 57.2 cm³/mol. The van der Waals surface area contributed by atoms with E-state index in [-0.39, 0.29) is 5.54 Å². The van der Waals surface area contributed by atoms with Crippen molar-refractivity contribution in [1.29, 1.82) is 0 Å². The minimum atomic E-state index is -0.0914. The first-order chi connectivity index (χ1) is 6.68. The molecule has 1 aliphatic carbocycles. The Kier molecular flexibility index (Phi) is 3.10. The molecule has 3 unspecified atom stereocenters. The lowest BCUT2D eigenvalue weighted by atomic mass is 10.00. The number of nitrogens with one attached hydrogen (secondary N) is 1. The summed E-state index contributed by atoms with van der Waals surface area (Å²) in [6.07, 6.45) is 5.00. The van der Waals surface area contributed by atoms with Crippen molar-refractivity contribution < 1.29 is 4.74 Å². The number of ether oxygens (including phenoxy) is 1. The van der Waals surface area contributed by atoms with Crippen LogP contribution in [0.25, 0.3) is 0 Å². The summed E-state index contributed by atoms with van der Waals surface area (Å²) in [6, 6.07) is 0.700. The molecule has 0 spiro atoms. The summed E-state index contributed by atoms with van der Waals surface area (Å²) in [6.45, 7) is 4.81. The van der Waals surface area contributed by atoms with E-state index >= 15 is 0 Å². The Balaban J connectivity index is 1.71. The number of hydrogen-bond acceptors (Lipinski definition) is 3. The standard InChI is InChI=1S/C11H22N2O/c1-9-2-3-10(6-9)13-7-11(12)4-5-14-8-11/h9-10,13H,2-8,12H2,1H3. The highest BCUT2D eigenvalue weighted by Crippen LogP contribution is 2.25. The molecular formula is C11H22N2O. The van der Waals surface area contributed by atoms with Gasteiger partial charge in [0.2, 0.25) is 0 Å². The molecule has 0 amide bonds. The van der Waals surface area contributed by atoms with Crippen LogP contribution in [0.5, 0.6) is 0 Å². The molecule has 1 saturated carbocycles. The quantitative estimate of drug-likeness (QED) is 0.708. The first-order valence-corrected chi connectivity index (χ1v) is 5.78. The molecule has 1 saturated heterocycles. The van der Waals surface area contributed by atoms with E-state index in [2.05, 4.69) is 12.2 Å². The topological polar surface area (TPSA) is 47.3 Å². The zero-order valence-electron chi connectivity index (χ0n) is 9.09. The lowest BCUT2D eigenvalue weighted by Gasteiger charge is -2.24. The van der Waals surface area contributed by atoms with E-state index in [0.717, 1.165) is 32.1 Å². The van der Waals surface area contributed by atoms with E-state index in [4.69, 9.17) is 10.5 Å². The second-order valence-corrected chi connectivity index (χ2v) is 5.16. The normalized spacial score (nSPS) is 43.3. The Hall–Kier alpha value is -0.120. The van der Waals surface area contributed by atoms with Crippen molar-refractivity contribution in [2.45, 2.75) is 44.2 Å². The van der Waals surface area contributed by atoms with Crippen LogP contribution < -0.4 is 11.1 Å². The summed E-state index contributed by atoms with van der Waals surface area (Å²) in [4.78, 5) is 0. The van der Waals surface area contributed by atoms with Crippen molar-refractivity contribution >= 4 is 0 Å². The van der Waals surface area contributed by atoms with Crippen LogP contribution in [0.1, 0.15) is 32.6 Å². The highest BCUT2D eigenvalue weighted by molar-refractivity contribution is 4.92. The van der Waals surface area contributed by atoms with Gasteiger partial charge in [0.1, 0.15) is 0 Å². The second-order valence-electron chi connectivity index (χ2n) is 5.16. The second kappa shape index (κ2) is 4.17. The fraction of sp³-hybridized carbons (Fsp3) is 1.00. The molecule has 1 heterocycles. The smallest absolute Gasteiger partial charge is 0.0659 e. The summed E-state index contributed by atoms with van der Waals surface area (Å²) < 4.78 is 5.33. The maximum absolute atomic E-state index is 6.18. The van der Waals surface area contributed by atoms with Gasteiger partial charge in [-0.15, -0.1) is 0 Å². The van der Waals surface area contributed by atoms with E-state index in [1.165, 1.54) is 19.3 Å². The van der Waals surface area contributed by atoms with Gasteiger partial charge >= 0.3 is 0 Å². The molecule has 14 heavy (non-hydrogen) atoms. The van der Waals surface area contributed by atoms with Gasteiger partial charge in [0.05, 0.1) is 12.1 Å². The molecular weight excluding hydrogens is 176 g/mol. The molecule has 0 radical (unpaired) electrons. The molecule has 0 aromatic rings. The van der Waals surface area contributed by atoms with Crippen molar-refractivity contribution in [3.8, 4) is 0 Å². The average molecular weight is 198 g/mol. The van der Waals surface area contributed by atoms with Crippen LogP contribution in [-0.4, -0.2) is 31.3 Å². The Morgan fingerprint density at radius 1 is 1.50 bits per heavy atom. The SMILES string of the molecule is CC1CCC(NCC2(N)CCOC2)C1. The van der Waals surface area contributed by atoms with E-state index in [1.54, 1.807) is 0 Å². The number of rotatable bonds is 3. The maximum atomic E-state index is 6.18. The van der Waals surface area contributed by atoms with Gasteiger partial charge < -0.3 is 15.8 Å². The molecule has 0 bridgehead atoms. The number of hydrogen-bond donors (Lipinski definition) is 2. The van der Waals surface area contributed by atoms with Crippen molar-refractivity contribution in [2.75, 3.05) is 19.8 Å². The van der Waals surface area contributed by atoms with Gasteiger partial charge in [-0.25, -0.2) is 0 Å². The van der Waals surface area contributed by atoms with Crippen molar-refractivity contribution in [3.05, 3.63) is 0 Å². The minimum absolute atomic E-state index is 0.0914. The zero-order valence-corrected chi connectivity index (χ0v) is 9.09. The Bertz CT molecular complexity index is 190. The molecule has 2 rings (SSSR count). The largest absolute Gasteiger partial charge is 0.379 e. The van der Waals surface area contributed by atoms with Crippen molar-refractivity contribution in [3.63, 3.8) is 0 Å². The molecule has 3 atom stereocenters. The summed E-state index contributed by atoms with van der Waals surface area (Å²) in [5.74, 6) is 0.890. The first-order valence-electron chi connectivity index (χ1n) is 5.78. The third-order valence-electron chi connectivity index (χ3n) is 3.57. The lowest BCUT2D eigenvalue weighted by molar-refractivity contribution is 0.176. The lowest BCUT2D eigenvalue weighted by Crippen LogP contribution is -2.51. The Morgan fingerprint density at radius 2 is 2.36 bits per heavy atom. The Labute approximate surface area is 86.4 Å². The van der Waals surface area contributed by atoms with E-state index < -0.39 is 0 Å². The van der Waals surface area contributed by atoms with Crippen LogP contribution in [-0.2, 0) is 4.74 Å². The Morgan fingerprint density at radius 3 is 2.93 bits per heavy atom. The fourth-order valence-electron chi connectivity index (χ4n) is 2.50. The van der Waals surface area contributed by atoms with Crippen LogP contribution in [0, 0.1) is 5.92 Å².